The Hall–Kier alpha value is -2.11. The van der Waals surface area contributed by atoms with Crippen molar-refractivity contribution in [1.82, 2.24) is 9.71 Å². The maximum atomic E-state index is 12.9. The fraction of sp³-hybridized carbons (Fsp3) is 0.333. The van der Waals surface area contributed by atoms with Crippen molar-refractivity contribution >= 4 is 20.9 Å². The number of rotatable bonds is 5. The molecule has 1 aromatic heterocycles. The lowest BCUT2D eigenvalue weighted by molar-refractivity contribution is 0.502. The van der Waals surface area contributed by atoms with E-state index >= 15 is 0 Å². The van der Waals surface area contributed by atoms with Crippen molar-refractivity contribution in [1.29, 1.82) is 0 Å². The molecule has 4 nitrogen and oxygen atoms in total. The molecule has 3 rings (SSSR count). The number of nitrogens with one attached hydrogen (secondary N) is 2. The average Bonchev–Trinajstić information content (AvgIpc) is 2.92. The van der Waals surface area contributed by atoms with E-state index in [4.69, 9.17) is 0 Å². The molecule has 2 N–H and O–H groups in total. The number of fused-ring (bicyclic) bond motifs is 1. The maximum Gasteiger partial charge on any atom is 0.240 e. The number of aryl methyl sites for hydroxylation is 3. The summed E-state index contributed by atoms with van der Waals surface area (Å²) >= 11 is 0. The summed E-state index contributed by atoms with van der Waals surface area (Å²) in [5.41, 5.74) is 4.63. The van der Waals surface area contributed by atoms with E-state index in [-0.39, 0.29) is 5.41 Å². The summed E-state index contributed by atoms with van der Waals surface area (Å²) in [7, 11) is -3.56. The van der Waals surface area contributed by atoms with Gasteiger partial charge in [-0.25, -0.2) is 13.1 Å². The monoisotopic (exact) mass is 370 g/mol. The average molecular weight is 371 g/mol. The molecule has 0 saturated heterocycles. The first-order valence-corrected chi connectivity index (χ1v) is 10.2. The van der Waals surface area contributed by atoms with Crippen LogP contribution in [0.25, 0.3) is 10.9 Å². The zero-order chi connectivity index (χ0) is 19.1. The molecule has 0 aliphatic heterocycles. The lowest BCUT2D eigenvalue weighted by atomic mass is 9.83. The van der Waals surface area contributed by atoms with Crippen molar-refractivity contribution in [3.05, 3.63) is 64.8 Å². The Balaban J connectivity index is 1.92. The lowest BCUT2D eigenvalue weighted by Gasteiger charge is -2.26. The zero-order valence-corrected chi connectivity index (χ0v) is 16.8. The molecule has 0 saturated carbocycles. The second kappa shape index (κ2) is 6.56. The van der Waals surface area contributed by atoms with Gasteiger partial charge in [-0.05, 0) is 49.6 Å². The number of H-pyrrole nitrogens is 1. The van der Waals surface area contributed by atoms with Crippen LogP contribution in [-0.4, -0.2) is 19.9 Å². The van der Waals surface area contributed by atoms with Crippen molar-refractivity contribution in [3.8, 4) is 0 Å². The molecule has 0 radical (unpaired) electrons. The quantitative estimate of drug-likeness (QED) is 0.701. The van der Waals surface area contributed by atoms with Crippen LogP contribution < -0.4 is 4.72 Å². The minimum atomic E-state index is -3.56. The molecule has 138 valence electrons. The highest BCUT2D eigenvalue weighted by atomic mass is 32.2. The summed E-state index contributed by atoms with van der Waals surface area (Å²) in [6.07, 6.45) is 0. The molecule has 0 fully saturated rings. The van der Waals surface area contributed by atoms with Crippen molar-refractivity contribution in [2.75, 3.05) is 6.54 Å². The highest BCUT2D eigenvalue weighted by Crippen LogP contribution is 2.33. The van der Waals surface area contributed by atoms with Crippen LogP contribution in [0.2, 0.25) is 0 Å². The van der Waals surface area contributed by atoms with Gasteiger partial charge in [-0.1, -0.05) is 44.2 Å². The first-order valence-electron chi connectivity index (χ1n) is 8.76. The predicted octanol–water partition coefficient (Wildman–Crippen LogP) is 4.35. The summed E-state index contributed by atoms with van der Waals surface area (Å²) in [6, 6.07) is 13.6. The maximum absolute atomic E-state index is 12.9. The van der Waals surface area contributed by atoms with Crippen LogP contribution in [0.15, 0.2) is 47.4 Å². The Morgan fingerprint density at radius 3 is 2.46 bits per heavy atom. The highest BCUT2D eigenvalue weighted by molar-refractivity contribution is 7.89. The molecule has 0 unspecified atom stereocenters. The van der Waals surface area contributed by atoms with Gasteiger partial charge < -0.3 is 4.98 Å². The SMILES string of the molecule is Cc1ccc(C)c(S(=O)(=O)NCC(C)(C)c2c(C)[nH]c3ccccc23)c1. The van der Waals surface area contributed by atoms with E-state index in [1.807, 2.05) is 51.1 Å². The predicted molar refractivity (Wildman–Crippen MR) is 107 cm³/mol. The summed E-state index contributed by atoms with van der Waals surface area (Å²) in [4.78, 5) is 3.75. The Bertz CT molecular complexity index is 1060. The molecule has 0 aliphatic rings. The van der Waals surface area contributed by atoms with Crippen LogP contribution in [0.5, 0.6) is 0 Å². The first-order chi connectivity index (χ1) is 12.1. The minimum Gasteiger partial charge on any atom is -0.358 e. The van der Waals surface area contributed by atoms with E-state index in [0.717, 1.165) is 33.3 Å². The van der Waals surface area contributed by atoms with Crippen LogP contribution in [-0.2, 0) is 15.4 Å². The Morgan fingerprint density at radius 2 is 1.73 bits per heavy atom. The van der Waals surface area contributed by atoms with Crippen LogP contribution in [0.4, 0.5) is 0 Å². The molecular formula is C21H26N2O2S. The van der Waals surface area contributed by atoms with Gasteiger partial charge in [0, 0.05) is 28.6 Å². The van der Waals surface area contributed by atoms with Gasteiger partial charge in [0.15, 0.2) is 0 Å². The lowest BCUT2D eigenvalue weighted by Crippen LogP contribution is -2.37. The van der Waals surface area contributed by atoms with Crippen LogP contribution in [0.3, 0.4) is 0 Å². The summed E-state index contributed by atoms with van der Waals surface area (Å²) in [5.74, 6) is 0. The third-order valence-electron chi connectivity index (χ3n) is 4.91. The van der Waals surface area contributed by atoms with Crippen molar-refractivity contribution in [3.63, 3.8) is 0 Å². The van der Waals surface area contributed by atoms with E-state index in [1.165, 1.54) is 0 Å². The van der Waals surface area contributed by atoms with E-state index in [0.29, 0.717) is 11.4 Å². The number of hydrogen-bond donors (Lipinski definition) is 2. The van der Waals surface area contributed by atoms with Crippen molar-refractivity contribution in [2.45, 2.75) is 44.9 Å². The molecule has 2 aromatic carbocycles. The Morgan fingerprint density at radius 1 is 1.04 bits per heavy atom. The standard InChI is InChI=1S/C21H26N2O2S/c1-14-10-11-15(2)19(12-14)26(24,25)22-13-21(4,5)20-16(3)23-18-9-7-6-8-17(18)20/h6-12,22-23H,13H2,1-5H3. The Labute approximate surface area is 155 Å². The second-order valence-corrected chi connectivity index (χ2v) is 9.38. The third kappa shape index (κ3) is 3.41. The first kappa shape index (κ1) is 18.7. The Kier molecular flexibility index (Phi) is 4.71. The number of hydrogen-bond acceptors (Lipinski definition) is 2. The van der Waals surface area contributed by atoms with Crippen LogP contribution in [0.1, 0.15) is 36.2 Å². The van der Waals surface area contributed by atoms with Gasteiger partial charge in [-0.3, -0.25) is 0 Å². The van der Waals surface area contributed by atoms with Crippen LogP contribution >= 0.6 is 0 Å². The van der Waals surface area contributed by atoms with Gasteiger partial charge in [0.1, 0.15) is 0 Å². The molecule has 3 aromatic rings. The highest BCUT2D eigenvalue weighted by Gasteiger charge is 2.29. The van der Waals surface area contributed by atoms with E-state index in [1.54, 1.807) is 6.07 Å². The summed E-state index contributed by atoms with van der Waals surface area (Å²) < 4.78 is 28.5. The van der Waals surface area contributed by atoms with Gasteiger partial charge in [0.2, 0.25) is 10.0 Å². The van der Waals surface area contributed by atoms with E-state index < -0.39 is 10.0 Å². The topological polar surface area (TPSA) is 62.0 Å². The van der Waals surface area contributed by atoms with Gasteiger partial charge in [-0.2, -0.15) is 0 Å². The molecular weight excluding hydrogens is 344 g/mol. The normalized spacial score (nSPS) is 12.7. The number of sulfonamides is 1. The van der Waals surface area contributed by atoms with E-state index in [2.05, 4.69) is 29.6 Å². The molecule has 0 atom stereocenters. The fourth-order valence-electron chi connectivity index (χ4n) is 3.59. The smallest absolute Gasteiger partial charge is 0.240 e. The largest absolute Gasteiger partial charge is 0.358 e. The molecule has 26 heavy (non-hydrogen) atoms. The molecule has 0 spiro atoms. The van der Waals surface area contributed by atoms with Gasteiger partial charge in [0.05, 0.1) is 4.90 Å². The van der Waals surface area contributed by atoms with Crippen molar-refractivity contribution in [2.24, 2.45) is 0 Å². The number of aromatic nitrogens is 1. The summed E-state index contributed by atoms with van der Waals surface area (Å²) in [5, 5.41) is 1.14. The molecule has 5 heteroatoms. The van der Waals surface area contributed by atoms with E-state index in [9.17, 15) is 8.42 Å². The molecule has 1 heterocycles. The van der Waals surface area contributed by atoms with Gasteiger partial charge >= 0.3 is 0 Å². The summed E-state index contributed by atoms with van der Waals surface area (Å²) in [6.45, 7) is 10.2. The van der Waals surface area contributed by atoms with Gasteiger partial charge in [-0.15, -0.1) is 0 Å². The third-order valence-corrected chi connectivity index (χ3v) is 6.45. The zero-order valence-electron chi connectivity index (χ0n) is 16.0. The van der Waals surface area contributed by atoms with Crippen LogP contribution in [0, 0.1) is 20.8 Å². The second-order valence-electron chi connectivity index (χ2n) is 7.65. The molecule has 0 aliphatic carbocycles. The minimum absolute atomic E-state index is 0.325. The number of aromatic amines is 1. The molecule has 0 bridgehead atoms. The number of para-hydroxylation sites is 1. The number of benzene rings is 2. The van der Waals surface area contributed by atoms with Crippen molar-refractivity contribution < 1.29 is 8.42 Å². The fourth-order valence-corrected chi connectivity index (χ4v) is 5.13. The van der Waals surface area contributed by atoms with Gasteiger partial charge in [0.25, 0.3) is 0 Å². The molecule has 0 amide bonds.